The molecule has 4 rings (SSSR count). The number of para-hydroxylation sites is 1. The van der Waals surface area contributed by atoms with Crippen molar-refractivity contribution in [3.63, 3.8) is 0 Å². The van der Waals surface area contributed by atoms with E-state index in [9.17, 15) is 13.6 Å². The van der Waals surface area contributed by atoms with Crippen LogP contribution in [-0.4, -0.2) is 36.1 Å². The molecule has 0 fully saturated rings. The molecule has 2 aromatic carbocycles. The lowest BCUT2D eigenvalue weighted by molar-refractivity contribution is -0.116. The Balaban J connectivity index is 1.36. The number of nitrogens with one attached hydrogen (secondary N) is 1. The smallest absolute Gasteiger partial charge is 0.246 e. The van der Waals surface area contributed by atoms with Crippen LogP contribution in [0.3, 0.4) is 0 Å². The Morgan fingerprint density at radius 2 is 1.96 bits per heavy atom. The van der Waals surface area contributed by atoms with E-state index in [-0.39, 0.29) is 18.8 Å². The van der Waals surface area contributed by atoms with E-state index >= 15 is 0 Å². The Labute approximate surface area is 156 Å². The van der Waals surface area contributed by atoms with Crippen molar-refractivity contribution < 1.29 is 18.4 Å². The summed E-state index contributed by atoms with van der Waals surface area (Å²) in [6.45, 7) is -0.178. The van der Waals surface area contributed by atoms with Crippen LogP contribution in [0.1, 0.15) is 5.69 Å². The lowest BCUT2D eigenvalue weighted by Crippen LogP contribution is -2.20. The molecule has 0 saturated carbocycles. The minimum atomic E-state index is -0.734. The molecule has 0 aliphatic heterocycles. The van der Waals surface area contributed by atoms with Crippen LogP contribution in [0, 0.1) is 11.6 Å². The van der Waals surface area contributed by atoms with Crippen LogP contribution in [-0.2, 0) is 17.9 Å². The van der Waals surface area contributed by atoms with Gasteiger partial charge in [0.2, 0.25) is 5.91 Å². The topological polar surface area (TPSA) is 99.8 Å². The van der Waals surface area contributed by atoms with Gasteiger partial charge in [-0.25, -0.2) is 13.5 Å². The predicted octanol–water partition coefficient (Wildman–Crippen LogP) is 1.57. The first-order valence-corrected chi connectivity index (χ1v) is 8.16. The molecule has 9 nitrogen and oxygen atoms in total. The lowest BCUT2D eigenvalue weighted by Gasteiger charge is -2.06. The van der Waals surface area contributed by atoms with E-state index in [1.165, 1.54) is 15.7 Å². The van der Waals surface area contributed by atoms with Crippen molar-refractivity contribution in [2.75, 3.05) is 5.32 Å². The van der Waals surface area contributed by atoms with Gasteiger partial charge in [-0.2, -0.15) is 0 Å². The number of anilines is 1. The van der Waals surface area contributed by atoms with Crippen molar-refractivity contribution in [1.29, 1.82) is 0 Å². The highest BCUT2D eigenvalue weighted by Gasteiger charge is 2.11. The Morgan fingerprint density at radius 1 is 1.11 bits per heavy atom. The van der Waals surface area contributed by atoms with Gasteiger partial charge in [0.15, 0.2) is 6.61 Å². The fourth-order valence-corrected chi connectivity index (χ4v) is 2.48. The number of aromatic nitrogens is 6. The average molecular weight is 385 g/mol. The van der Waals surface area contributed by atoms with Gasteiger partial charge in [-0.3, -0.25) is 4.79 Å². The fourth-order valence-electron chi connectivity index (χ4n) is 2.48. The second-order valence-electron chi connectivity index (χ2n) is 5.80. The summed E-state index contributed by atoms with van der Waals surface area (Å²) >= 11 is 0. The minimum Gasteiger partial charge on any atom is -0.388 e. The Bertz CT molecular complexity index is 1140. The standard InChI is InChI=1S/C17H13F2N7O2/c18-11-5-6-13(19)15(7-11)20-17(27)9-25-8-12(21-23-25)10-28-26-16-4-2-1-3-14(16)22-24-26/h1-8H,9-10H2,(H,20,27). The molecule has 2 heterocycles. The normalized spacial score (nSPS) is 10.9. The number of fused-ring (bicyclic) bond motifs is 1. The van der Waals surface area contributed by atoms with Crippen LogP contribution in [0.15, 0.2) is 48.7 Å². The number of amides is 1. The molecule has 0 bridgehead atoms. The van der Waals surface area contributed by atoms with E-state index in [0.717, 1.165) is 18.2 Å². The zero-order valence-electron chi connectivity index (χ0n) is 14.3. The van der Waals surface area contributed by atoms with E-state index in [0.29, 0.717) is 16.7 Å². The van der Waals surface area contributed by atoms with Crippen molar-refractivity contribution in [3.05, 3.63) is 66.0 Å². The maximum atomic E-state index is 13.6. The molecule has 2 aromatic heterocycles. The van der Waals surface area contributed by atoms with E-state index in [1.807, 2.05) is 18.2 Å². The first-order chi connectivity index (χ1) is 13.6. The Hall–Kier alpha value is -3.89. The molecule has 11 heteroatoms. The van der Waals surface area contributed by atoms with E-state index in [4.69, 9.17) is 4.84 Å². The molecular weight excluding hydrogens is 372 g/mol. The molecule has 0 aliphatic rings. The largest absolute Gasteiger partial charge is 0.388 e. The molecule has 0 saturated heterocycles. The summed E-state index contributed by atoms with van der Waals surface area (Å²) in [6.07, 6.45) is 1.50. The van der Waals surface area contributed by atoms with Crippen molar-refractivity contribution in [1.82, 2.24) is 30.2 Å². The van der Waals surface area contributed by atoms with Crippen LogP contribution in [0.25, 0.3) is 11.0 Å². The van der Waals surface area contributed by atoms with Crippen LogP contribution in [0.4, 0.5) is 14.5 Å². The number of hydrogen-bond acceptors (Lipinski definition) is 6. The Morgan fingerprint density at radius 3 is 2.86 bits per heavy atom. The maximum Gasteiger partial charge on any atom is 0.246 e. The number of nitrogens with zero attached hydrogens (tertiary/aromatic N) is 6. The molecule has 0 radical (unpaired) electrons. The predicted molar refractivity (Wildman–Crippen MR) is 92.8 cm³/mol. The lowest BCUT2D eigenvalue weighted by atomic mass is 10.3. The third-order valence-electron chi connectivity index (χ3n) is 3.75. The van der Waals surface area contributed by atoms with Gasteiger partial charge >= 0.3 is 0 Å². The van der Waals surface area contributed by atoms with Crippen molar-refractivity contribution in [2.24, 2.45) is 0 Å². The number of rotatable bonds is 6. The summed E-state index contributed by atoms with van der Waals surface area (Å²) in [6, 6.07) is 10.1. The Kier molecular flexibility index (Phi) is 4.62. The summed E-state index contributed by atoms with van der Waals surface area (Å²) in [5, 5.41) is 17.9. The first-order valence-electron chi connectivity index (χ1n) is 8.16. The van der Waals surface area contributed by atoms with E-state index < -0.39 is 17.5 Å². The fraction of sp³-hybridized carbons (Fsp3) is 0.118. The van der Waals surface area contributed by atoms with Gasteiger partial charge < -0.3 is 10.2 Å². The summed E-state index contributed by atoms with van der Waals surface area (Å²) in [4.78, 5) is 18.8. The molecule has 4 aromatic rings. The molecule has 1 amide bonds. The quantitative estimate of drug-likeness (QED) is 0.541. The van der Waals surface area contributed by atoms with Crippen LogP contribution < -0.4 is 10.2 Å². The third-order valence-corrected chi connectivity index (χ3v) is 3.75. The highest BCUT2D eigenvalue weighted by molar-refractivity contribution is 5.90. The van der Waals surface area contributed by atoms with E-state index in [2.05, 4.69) is 25.9 Å². The first kappa shape index (κ1) is 17.5. The zero-order chi connectivity index (χ0) is 19.5. The minimum absolute atomic E-state index is 0.0491. The molecule has 142 valence electrons. The van der Waals surface area contributed by atoms with Gasteiger partial charge in [-0.05, 0) is 29.5 Å². The van der Waals surface area contributed by atoms with Gasteiger partial charge in [0.1, 0.15) is 34.9 Å². The number of halogens is 2. The molecular formula is C17H13F2N7O2. The average Bonchev–Trinajstić information content (AvgIpc) is 3.29. The van der Waals surface area contributed by atoms with Crippen molar-refractivity contribution in [3.8, 4) is 0 Å². The SMILES string of the molecule is O=C(Cn1cc(COn2nnc3ccccc32)nn1)Nc1cc(F)ccc1F. The summed E-state index contributed by atoms with van der Waals surface area (Å²) in [5.74, 6) is -1.97. The monoisotopic (exact) mass is 385 g/mol. The molecule has 0 spiro atoms. The molecule has 0 atom stereocenters. The van der Waals surface area contributed by atoms with Crippen molar-refractivity contribution in [2.45, 2.75) is 13.2 Å². The molecule has 0 unspecified atom stereocenters. The number of carbonyl (C=O) groups is 1. The maximum absolute atomic E-state index is 13.6. The highest BCUT2D eigenvalue weighted by atomic mass is 19.1. The zero-order valence-corrected chi connectivity index (χ0v) is 14.3. The molecule has 1 N–H and O–H groups in total. The number of hydrogen-bond donors (Lipinski definition) is 1. The number of carbonyl (C=O) groups excluding carboxylic acids is 1. The second-order valence-corrected chi connectivity index (χ2v) is 5.80. The summed E-state index contributed by atoms with van der Waals surface area (Å²) < 4.78 is 28.0. The van der Waals surface area contributed by atoms with Crippen LogP contribution in [0.5, 0.6) is 0 Å². The molecule has 28 heavy (non-hydrogen) atoms. The van der Waals surface area contributed by atoms with Gasteiger partial charge in [-0.1, -0.05) is 22.2 Å². The molecule has 0 aliphatic carbocycles. The van der Waals surface area contributed by atoms with Crippen molar-refractivity contribution >= 4 is 22.6 Å². The van der Waals surface area contributed by atoms with Crippen LogP contribution >= 0.6 is 0 Å². The van der Waals surface area contributed by atoms with Gasteiger partial charge in [0.25, 0.3) is 0 Å². The summed E-state index contributed by atoms with van der Waals surface area (Å²) in [5.41, 5.74) is 1.59. The van der Waals surface area contributed by atoms with E-state index in [1.54, 1.807) is 6.07 Å². The van der Waals surface area contributed by atoms with Gasteiger partial charge in [0.05, 0.1) is 11.9 Å². The second kappa shape index (κ2) is 7.39. The summed E-state index contributed by atoms with van der Waals surface area (Å²) in [7, 11) is 0. The third kappa shape index (κ3) is 3.77. The highest BCUT2D eigenvalue weighted by Crippen LogP contribution is 2.15. The van der Waals surface area contributed by atoms with Crippen LogP contribution in [0.2, 0.25) is 0 Å². The number of benzene rings is 2. The van der Waals surface area contributed by atoms with Gasteiger partial charge in [-0.15, -0.1) is 10.2 Å². The van der Waals surface area contributed by atoms with Gasteiger partial charge in [0, 0.05) is 6.07 Å².